The maximum atomic E-state index is 13.0. The molecule has 1 aliphatic rings. The van der Waals surface area contributed by atoms with Crippen LogP contribution in [-0.4, -0.2) is 31.1 Å². The third-order valence-corrected chi connectivity index (χ3v) is 8.54. The van der Waals surface area contributed by atoms with Gasteiger partial charge in [0, 0.05) is 0 Å². The van der Waals surface area contributed by atoms with Crippen molar-refractivity contribution in [3.63, 3.8) is 0 Å². The van der Waals surface area contributed by atoms with Crippen LogP contribution in [0.2, 0.25) is 0 Å². The number of hydrogen-bond acceptors (Lipinski definition) is 7. The third-order valence-electron chi connectivity index (χ3n) is 5.60. The number of hydrogen-bond donors (Lipinski definition) is 0. The van der Waals surface area contributed by atoms with Gasteiger partial charge >= 0.3 is 10.1 Å². The summed E-state index contributed by atoms with van der Waals surface area (Å²) in [7, 11) is -4.10. The molecule has 0 radical (unpaired) electrons. The fourth-order valence-electron chi connectivity index (χ4n) is 3.62. The van der Waals surface area contributed by atoms with Crippen LogP contribution in [-0.2, 0) is 21.5 Å². The Bertz CT molecular complexity index is 1500. The first-order valence-corrected chi connectivity index (χ1v) is 14.7. The smallest absolute Gasteiger partial charge is 0.339 e. The molecule has 1 fully saturated rings. The molecule has 192 valence electrons. The Kier molecular flexibility index (Phi) is 8.29. The summed E-state index contributed by atoms with van der Waals surface area (Å²) in [5.41, 5.74) is 3.40. The summed E-state index contributed by atoms with van der Waals surface area (Å²) < 4.78 is 37.4. The lowest BCUT2D eigenvalue weighted by molar-refractivity contribution is -0.123. The monoisotopic (exact) mass is 649 g/mol. The first-order valence-electron chi connectivity index (χ1n) is 11.4. The standard InChI is InChI=1S/C27H24INO6S2/c1-4-34-23-14-19(13-22(28)25(23)35-37(32,33)21-11-9-17(2)10-12-21)15-24-26(30)29(27(31)36-24)16-20-8-6-5-7-18(20)3/h5-15H,4,16H2,1-3H3/b24-15-. The number of aryl methyl sites for hydroxylation is 2. The van der Waals surface area contributed by atoms with E-state index >= 15 is 0 Å². The molecule has 1 saturated heterocycles. The number of halogens is 1. The summed E-state index contributed by atoms with van der Waals surface area (Å²) in [5, 5.41) is -0.344. The first kappa shape index (κ1) is 27.2. The molecule has 0 aliphatic carbocycles. The Morgan fingerprint density at radius 2 is 1.73 bits per heavy atom. The molecule has 2 amide bonds. The molecule has 3 aromatic rings. The number of carbonyl (C=O) groups is 2. The predicted molar refractivity (Wildman–Crippen MR) is 152 cm³/mol. The third kappa shape index (κ3) is 6.19. The van der Waals surface area contributed by atoms with Gasteiger partial charge in [0.2, 0.25) is 0 Å². The highest BCUT2D eigenvalue weighted by Gasteiger charge is 2.35. The van der Waals surface area contributed by atoms with Gasteiger partial charge in [-0.15, -0.1) is 0 Å². The van der Waals surface area contributed by atoms with E-state index in [-0.39, 0.29) is 45.6 Å². The van der Waals surface area contributed by atoms with E-state index in [0.29, 0.717) is 9.13 Å². The van der Waals surface area contributed by atoms with Gasteiger partial charge in [0.25, 0.3) is 11.1 Å². The van der Waals surface area contributed by atoms with Crippen LogP contribution in [0.15, 0.2) is 70.5 Å². The molecule has 3 aromatic carbocycles. The Morgan fingerprint density at radius 3 is 2.41 bits per heavy atom. The Morgan fingerprint density at radius 1 is 1.03 bits per heavy atom. The number of amides is 2. The van der Waals surface area contributed by atoms with Gasteiger partial charge in [-0.1, -0.05) is 42.0 Å². The summed E-state index contributed by atoms with van der Waals surface area (Å²) >= 11 is 2.83. The molecule has 0 spiro atoms. The second-order valence-electron chi connectivity index (χ2n) is 8.31. The van der Waals surface area contributed by atoms with Crippen LogP contribution in [0, 0.1) is 17.4 Å². The van der Waals surface area contributed by atoms with Crippen molar-refractivity contribution in [1.82, 2.24) is 4.90 Å². The molecule has 4 rings (SSSR count). The quantitative estimate of drug-likeness (QED) is 0.161. The van der Waals surface area contributed by atoms with Crippen LogP contribution in [0.3, 0.4) is 0 Å². The molecular weight excluding hydrogens is 625 g/mol. The number of imide groups is 1. The van der Waals surface area contributed by atoms with Crippen molar-refractivity contribution in [1.29, 1.82) is 0 Å². The highest BCUT2D eigenvalue weighted by molar-refractivity contribution is 14.1. The first-order chi connectivity index (χ1) is 17.6. The van der Waals surface area contributed by atoms with Crippen molar-refractivity contribution in [2.45, 2.75) is 32.2 Å². The summed E-state index contributed by atoms with van der Waals surface area (Å²) in [6.45, 7) is 6.04. The van der Waals surface area contributed by atoms with Crippen molar-refractivity contribution in [2.24, 2.45) is 0 Å². The molecule has 37 heavy (non-hydrogen) atoms. The molecule has 10 heteroatoms. The second-order valence-corrected chi connectivity index (χ2v) is 12.0. The van der Waals surface area contributed by atoms with Gasteiger partial charge in [0.15, 0.2) is 11.5 Å². The van der Waals surface area contributed by atoms with Crippen LogP contribution in [0.5, 0.6) is 11.5 Å². The molecule has 0 unspecified atom stereocenters. The summed E-state index contributed by atoms with van der Waals surface area (Å²) in [6, 6.07) is 17.2. The normalized spacial score (nSPS) is 14.9. The summed E-state index contributed by atoms with van der Waals surface area (Å²) in [6.07, 6.45) is 1.60. The van der Waals surface area contributed by atoms with Crippen molar-refractivity contribution >= 4 is 61.7 Å². The summed E-state index contributed by atoms with van der Waals surface area (Å²) in [4.78, 5) is 27.2. The van der Waals surface area contributed by atoms with E-state index in [1.165, 1.54) is 17.0 Å². The fraction of sp³-hybridized carbons (Fsp3) is 0.185. The molecule has 7 nitrogen and oxygen atoms in total. The van der Waals surface area contributed by atoms with E-state index in [9.17, 15) is 18.0 Å². The summed E-state index contributed by atoms with van der Waals surface area (Å²) in [5.74, 6) is -0.100. The average Bonchev–Trinajstić information content (AvgIpc) is 3.10. The van der Waals surface area contributed by atoms with E-state index in [2.05, 4.69) is 0 Å². The molecule has 0 saturated carbocycles. The molecule has 0 aromatic heterocycles. The molecule has 0 bridgehead atoms. The van der Waals surface area contributed by atoms with E-state index in [1.807, 2.05) is 60.7 Å². The maximum absolute atomic E-state index is 13.0. The van der Waals surface area contributed by atoms with Gasteiger partial charge in [0.1, 0.15) is 4.90 Å². The van der Waals surface area contributed by atoms with Crippen LogP contribution in [0.1, 0.15) is 29.2 Å². The van der Waals surface area contributed by atoms with Gasteiger partial charge in [-0.25, -0.2) is 0 Å². The number of thioether (sulfide) groups is 1. The zero-order valence-corrected chi connectivity index (χ0v) is 24.1. The second kappa shape index (κ2) is 11.3. The van der Waals surface area contributed by atoms with Gasteiger partial charge < -0.3 is 8.92 Å². The minimum Gasteiger partial charge on any atom is -0.490 e. The van der Waals surface area contributed by atoms with Crippen LogP contribution >= 0.6 is 34.4 Å². The van der Waals surface area contributed by atoms with E-state index in [1.54, 1.807) is 37.3 Å². The minimum atomic E-state index is -4.10. The lowest BCUT2D eigenvalue weighted by Crippen LogP contribution is -2.27. The molecular formula is C27H24INO6S2. The van der Waals surface area contributed by atoms with Crippen molar-refractivity contribution in [3.8, 4) is 11.5 Å². The van der Waals surface area contributed by atoms with Crippen molar-refractivity contribution in [3.05, 3.63) is 91.4 Å². The zero-order valence-electron chi connectivity index (χ0n) is 20.4. The number of nitrogens with zero attached hydrogens (tertiary/aromatic N) is 1. The number of rotatable bonds is 8. The number of carbonyl (C=O) groups excluding carboxylic acids is 2. The van der Waals surface area contributed by atoms with Gasteiger partial charge in [-0.3, -0.25) is 14.5 Å². The van der Waals surface area contributed by atoms with Crippen LogP contribution in [0.4, 0.5) is 4.79 Å². The van der Waals surface area contributed by atoms with Gasteiger partial charge in [-0.2, -0.15) is 8.42 Å². The van der Waals surface area contributed by atoms with Crippen molar-refractivity contribution in [2.75, 3.05) is 6.61 Å². The SMILES string of the molecule is CCOc1cc(/C=C2\SC(=O)N(Cc3ccccc3C)C2=O)cc(I)c1OS(=O)(=O)c1ccc(C)cc1. The average molecular weight is 650 g/mol. The molecule has 1 aliphatic heterocycles. The van der Waals surface area contributed by atoms with E-state index in [4.69, 9.17) is 8.92 Å². The Balaban J connectivity index is 1.62. The molecule has 1 heterocycles. The Labute approximate surface area is 234 Å². The molecule has 0 atom stereocenters. The highest BCUT2D eigenvalue weighted by Crippen LogP contribution is 2.39. The predicted octanol–water partition coefficient (Wildman–Crippen LogP) is 6.31. The van der Waals surface area contributed by atoms with Gasteiger partial charge in [0.05, 0.1) is 21.6 Å². The zero-order chi connectivity index (χ0) is 26.7. The number of benzene rings is 3. The molecule has 0 N–H and O–H groups in total. The topological polar surface area (TPSA) is 90.0 Å². The lowest BCUT2D eigenvalue weighted by atomic mass is 10.1. The number of ether oxygens (including phenoxy) is 1. The van der Waals surface area contributed by atoms with E-state index < -0.39 is 10.1 Å². The maximum Gasteiger partial charge on any atom is 0.339 e. The van der Waals surface area contributed by atoms with E-state index in [0.717, 1.165) is 28.5 Å². The largest absolute Gasteiger partial charge is 0.490 e. The minimum absolute atomic E-state index is 0.0303. The Hall–Kier alpha value is -2.83. The van der Waals surface area contributed by atoms with Gasteiger partial charge in [-0.05, 0) is 102 Å². The van der Waals surface area contributed by atoms with Crippen molar-refractivity contribution < 1.29 is 26.9 Å². The fourth-order valence-corrected chi connectivity index (χ4v) is 6.30. The van der Waals surface area contributed by atoms with Crippen LogP contribution in [0.25, 0.3) is 6.08 Å². The lowest BCUT2D eigenvalue weighted by Gasteiger charge is -2.15. The highest BCUT2D eigenvalue weighted by atomic mass is 127. The van der Waals surface area contributed by atoms with Crippen LogP contribution < -0.4 is 8.92 Å².